The standard InChI is InChI=1S/C24H26N4O3/c1-15-17(3-4-19-20(15)14-31-24(19)30)6-7-27-10-18-11-28(22(18)12-27)13-23(29)21-5-2-16(8-25)9-26-21/h2-5,9,18,22-23,29H,6-7,10-14H2,1H3. The SMILES string of the molecule is Cc1c(CCN2CC3CN(CC(O)c4ccc(C#N)cn4)C3C2)ccc2c1COC2=O. The topological polar surface area (TPSA) is 89.7 Å². The zero-order valence-corrected chi connectivity index (χ0v) is 17.6. The van der Waals surface area contributed by atoms with Gasteiger partial charge in [0.05, 0.1) is 16.8 Å². The Bertz CT molecular complexity index is 1050. The number of hydrogen-bond donors (Lipinski definition) is 1. The number of nitrogens with zero attached hydrogens (tertiary/aromatic N) is 4. The average molecular weight is 418 g/mol. The maximum Gasteiger partial charge on any atom is 0.338 e. The third-order valence-corrected chi connectivity index (χ3v) is 7.06. The number of esters is 1. The fourth-order valence-corrected chi connectivity index (χ4v) is 5.16. The second-order valence-corrected chi connectivity index (χ2v) is 8.84. The normalized spacial score (nSPS) is 23.6. The second kappa shape index (κ2) is 8.04. The van der Waals surface area contributed by atoms with Crippen LogP contribution in [0.4, 0.5) is 0 Å². The number of carbonyl (C=O) groups excluding carboxylic acids is 1. The van der Waals surface area contributed by atoms with Crippen LogP contribution in [-0.2, 0) is 17.8 Å². The number of aliphatic hydroxyl groups excluding tert-OH is 1. The number of likely N-dealkylation sites (tertiary alicyclic amines) is 2. The highest BCUT2D eigenvalue weighted by Gasteiger charge is 2.45. The number of hydrogen-bond acceptors (Lipinski definition) is 7. The maximum atomic E-state index is 11.7. The molecule has 1 aromatic heterocycles. The Balaban J connectivity index is 1.14. The molecule has 0 amide bonds. The molecule has 7 heteroatoms. The summed E-state index contributed by atoms with van der Waals surface area (Å²) in [7, 11) is 0. The Morgan fingerprint density at radius 2 is 2.16 bits per heavy atom. The van der Waals surface area contributed by atoms with Gasteiger partial charge in [-0.3, -0.25) is 9.88 Å². The average Bonchev–Trinajstić information content (AvgIpc) is 3.32. The Labute approximate surface area is 181 Å². The van der Waals surface area contributed by atoms with Crippen molar-refractivity contribution in [1.82, 2.24) is 14.8 Å². The summed E-state index contributed by atoms with van der Waals surface area (Å²) in [5.41, 5.74) is 5.35. The quantitative estimate of drug-likeness (QED) is 0.716. The summed E-state index contributed by atoms with van der Waals surface area (Å²) in [5.74, 6) is 0.451. The first-order chi connectivity index (χ1) is 15.0. The molecule has 3 aliphatic rings. The Morgan fingerprint density at radius 1 is 1.29 bits per heavy atom. The predicted molar refractivity (Wildman–Crippen MR) is 113 cm³/mol. The molecule has 160 valence electrons. The zero-order valence-electron chi connectivity index (χ0n) is 17.6. The molecule has 1 N–H and O–H groups in total. The third-order valence-electron chi connectivity index (χ3n) is 7.06. The van der Waals surface area contributed by atoms with E-state index in [0.29, 0.717) is 41.9 Å². The van der Waals surface area contributed by atoms with E-state index in [1.807, 2.05) is 6.07 Å². The molecular weight excluding hydrogens is 392 g/mol. The van der Waals surface area contributed by atoms with Crippen molar-refractivity contribution in [1.29, 1.82) is 5.26 Å². The number of aliphatic hydroxyl groups is 1. The summed E-state index contributed by atoms with van der Waals surface area (Å²) in [6, 6.07) is 9.94. The second-order valence-electron chi connectivity index (χ2n) is 8.84. The molecule has 7 nitrogen and oxygen atoms in total. The molecule has 2 aromatic rings. The van der Waals surface area contributed by atoms with E-state index in [1.54, 1.807) is 12.1 Å². The van der Waals surface area contributed by atoms with Gasteiger partial charge in [-0.2, -0.15) is 5.26 Å². The van der Waals surface area contributed by atoms with Gasteiger partial charge in [0.15, 0.2) is 0 Å². The van der Waals surface area contributed by atoms with Gasteiger partial charge in [-0.05, 0) is 42.7 Å². The molecule has 3 aliphatic heterocycles. The molecule has 4 heterocycles. The van der Waals surface area contributed by atoms with Crippen LogP contribution in [0.3, 0.4) is 0 Å². The number of nitriles is 1. The van der Waals surface area contributed by atoms with Crippen molar-refractivity contribution < 1.29 is 14.6 Å². The summed E-state index contributed by atoms with van der Waals surface area (Å²) < 4.78 is 5.17. The summed E-state index contributed by atoms with van der Waals surface area (Å²) in [6.45, 7) is 7.17. The third kappa shape index (κ3) is 3.72. The molecule has 0 bridgehead atoms. The van der Waals surface area contributed by atoms with Crippen molar-refractivity contribution >= 4 is 5.97 Å². The fourth-order valence-electron chi connectivity index (χ4n) is 5.16. The van der Waals surface area contributed by atoms with E-state index in [0.717, 1.165) is 38.2 Å². The number of cyclic esters (lactones) is 1. The number of β-amino-alcohol motifs (C(OH)–C–C–N with tert-alkyl or cyclic N) is 1. The molecule has 2 fully saturated rings. The van der Waals surface area contributed by atoms with Crippen LogP contribution >= 0.6 is 0 Å². The van der Waals surface area contributed by atoms with E-state index in [2.05, 4.69) is 33.8 Å². The van der Waals surface area contributed by atoms with E-state index in [9.17, 15) is 9.90 Å². The highest BCUT2D eigenvalue weighted by Crippen LogP contribution is 2.34. The van der Waals surface area contributed by atoms with Gasteiger partial charge in [-0.25, -0.2) is 4.79 Å². The Hall–Kier alpha value is -2.79. The first-order valence-corrected chi connectivity index (χ1v) is 10.8. The van der Waals surface area contributed by atoms with Gasteiger partial charge in [0.1, 0.15) is 18.8 Å². The predicted octanol–water partition coefficient (Wildman–Crippen LogP) is 1.82. The molecule has 0 aliphatic carbocycles. The van der Waals surface area contributed by atoms with Gasteiger partial charge in [0, 0.05) is 56.4 Å². The number of benzene rings is 1. The van der Waals surface area contributed by atoms with Crippen LogP contribution in [0.1, 0.15) is 44.4 Å². The summed E-state index contributed by atoms with van der Waals surface area (Å²) in [6.07, 6.45) is 1.84. The van der Waals surface area contributed by atoms with Gasteiger partial charge in [0.25, 0.3) is 0 Å². The lowest BCUT2D eigenvalue weighted by Crippen LogP contribution is -2.56. The molecule has 0 spiro atoms. The van der Waals surface area contributed by atoms with Crippen LogP contribution in [0, 0.1) is 24.2 Å². The van der Waals surface area contributed by atoms with Gasteiger partial charge >= 0.3 is 5.97 Å². The lowest BCUT2D eigenvalue weighted by atomic mass is 9.91. The van der Waals surface area contributed by atoms with E-state index in [-0.39, 0.29) is 5.97 Å². The fraction of sp³-hybridized carbons (Fsp3) is 0.458. The van der Waals surface area contributed by atoms with E-state index in [4.69, 9.17) is 10.00 Å². The Kier molecular flexibility index (Phi) is 5.22. The molecule has 1 aromatic carbocycles. The minimum absolute atomic E-state index is 0.209. The minimum Gasteiger partial charge on any atom is -0.457 e. The van der Waals surface area contributed by atoms with E-state index in [1.165, 1.54) is 17.3 Å². The molecule has 0 radical (unpaired) electrons. The first-order valence-electron chi connectivity index (χ1n) is 10.8. The van der Waals surface area contributed by atoms with Crippen molar-refractivity contribution in [2.75, 3.05) is 32.7 Å². The lowest BCUT2D eigenvalue weighted by molar-refractivity contribution is 0.00437. The van der Waals surface area contributed by atoms with Crippen molar-refractivity contribution in [3.63, 3.8) is 0 Å². The van der Waals surface area contributed by atoms with Crippen molar-refractivity contribution in [3.05, 3.63) is 64.0 Å². The number of fused-ring (bicyclic) bond motifs is 2. The van der Waals surface area contributed by atoms with Crippen molar-refractivity contribution in [3.8, 4) is 6.07 Å². The largest absolute Gasteiger partial charge is 0.457 e. The number of aromatic nitrogens is 1. The van der Waals surface area contributed by atoms with Crippen LogP contribution in [0.2, 0.25) is 0 Å². The Morgan fingerprint density at radius 3 is 2.94 bits per heavy atom. The van der Waals surface area contributed by atoms with Crippen LogP contribution in [0.25, 0.3) is 0 Å². The van der Waals surface area contributed by atoms with Crippen LogP contribution in [-0.4, -0.2) is 64.6 Å². The van der Waals surface area contributed by atoms with Gasteiger partial charge in [0.2, 0.25) is 0 Å². The van der Waals surface area contributed by atoms with E-state index < -0.39 is 6.10 Å². The van der Waals surface area contributed by atoms with Gasteiger partial charge in [-0.15, -0.1) is 0 Å². The summed E-state index contributed by atoms with van der Waals surface area (Å²) in [4.78, 5) is 20.8. The highest BCUT2D eigenvalue weighted by atomic mass is 16.5. The molecule has 3 atom stereocenters. The zero-order chi connectivity index (χ0) is 21.5. The van der Waals surface area contributed by atoms with E-state index >= 15 is 0 Å². The molecule has 31 heavy (non-hydrogen) atoms. The van der Waals surface area contributed by atoms with Crippen molar-refractivity contribution in [2.24, 2.45) is 5.92 Å². The van der Waals surface area contributed by atoms with Gasteiger partial charge < -0.3 is 14.7 Å². The lowest BCUT2D eigenvalue weighted by Gasteiger charge is -2.44. The van der Waals surface area contributed by atoms with Crippen molar-refractivity contribution in [2.45, 2.75) is 32.1 Å². The smallest absolute Gasteiger partial charge is 0.338 e. The highest BCUT2D eigenvalue weighted by molar-refractivity contribution is 5.93. The number of rotatable bonds is 6. The maximum absolute atomic E-state index is 11.7. The van der Waals surface area contributed by atoms with Gasteiger partial charge in [-0.1, -0.05) is 6.07 Å². The summed E-state index contributed by atoms with van der Waals surface area (Å²) >= 11 is 0. The van der Waals surface area contributed by atoms with Crippen LogP contribution < -0.4 is 0 Å². The monoisotopic (exact) mass is 418 g/mol. The minimum atomic E-state index is -0.637. The molecular formula is C24H26N4O3. The number of ether oxygens (including phenoxy) is 1. The molecule has 5 rings (SSSR count). The first kappa shape index (κ1) is 20.1. The molecule has 0 saturated carbocycles. The van der Waals surface area contributed by atoms with Crippen LogP contribution in [0.5, 0.6) is 0 Å². The van der Waals surface area contributed by atoms with Crippen LogP contribution in [0.15, 0.2) is 30.5 Å². The molecule has 3 unspecified atom stereocenters. The number of pyridine rings is 1. The molecule has 2 saturated heterocycles. The summed E-state index contributed by atoms with van der Waals surface area (Å²) in [5, 5.41) is 19.4. The number of carbonyl (C=O) groups is 1.